The van der Waals surface area contributed by atoms with E-state index < -0.39 is 14.6 Å². The Bertz CT molecular complexity index is 825. The van der Waals surface area contributed by atoms with Crippen molar-refractivity contribution in [2.45, 2.75) is 23.5 Å². The van der Waals surface area contributed by atoms with Crippen molar-refractivity contribution >= 4 is 21.4 Å². The highest BCUT2D eigenvalue weighted by Crippen LogP contribution is 2.51. The van der Waals surface area contributed by atoms with Crippen LogP contribution in [0.2, 0.25) is 0 Å². The summed E-state index contributed by atoms with van der Waals surface area (Å²) in [5, 5.41) is 4.10. The Labute approximate surface area is 126 Å². The van der Waals surface area contributed by atoms with Crippen LogP contribution in [0.15, 0.2) is 17.0 Å². The van der Waals surface area contributed by atoms with Gasteiger partial charge in [-0.2, -0.15) is 0 Å². The molecule has 2 heterocycles. The van der Waals surface area contributed by atoms with E-state index in [-0.39, 0.29) is 4.90 Å². The summed E-state index contributed by atoms with van der Waals surface area (Å²) in [7, 11) is -0.588. The van der Waals surface area contributed by atoms with Gasteiger partial charge >= 0.3 is 0 Å². The normalized spacial score (nSPS) is 17.7. The second kappa shape index (κ2) is 4.41. The van der Waals surface area contributed by atoms with Gasteiger partial charge in [0.2, 0.25) is 0 Å². The fourth-order valence-electron chi connectivity index (χ4n) is 2.43. The van der Waals surface area contributed by atoms with Crippen molar-refractivity contribution < 1.29 is 17.9 Å². The zero-order valence-electron chi connectivity index (χ0n) is 12.0. The molecule has 1 aliphatic heterocycles. The molecule has 1 aliphatic rings. The molecule has 1 aromatic carbocycles. The van der Waals surface area contributed by atoms with Crippen LogP contribution in [0.25, 0.3) is 11.3 Å². The van der Waals surface area contributed by atoms with E-state index in [2.05, 4.69) is 9.59 Å². The van der Waals surface area contributed by atoms with E-state index in [1.54, 1.807) is 19.9 Å². The first-order valence-corrected chi connectivity index (χ1v) is 8.44. The molecular formula is C13H14N2O4S2. The predicted molar refractivity (Wildman–Crippen MR) is 78.7 cm³/mol. The summed E-state index contributed by atoms with van der Waals surface area (Å²) in [5.74, 6) is 0.840. The van der Waals surface area contributed by atoms with Gasteiger partial charge in [-0.3, -0.25) is 0 Å². The molecule has 21 heavy (non-hydrogen) atoms. The number of ether oxygens (including phenoxy) is 2. The predicted octanol–water partition coefficient (Wildman–Crippen LogP) is 2.24. The lowest BCUT2D eigenvalue weighted by atomic mass is 10.0. The van der Waals surface area contributed by atoms with E-state index in [4.69, 9.17) is 9.47 Å². The Hall–Kier alpha value is -1.67. The lowest BCUT2D eigenvalue weighted by Crippen LogP contribution is -2.32. The first kappa shape index (κ1) is 14.3. The summed E-state index contributed by atoms with van der Waals surface area (Å²) in [6.07, 6.45) is 0. The Morgan fingerprint density at radius 2 is 1.76 bits per heavy atom. The minimum atomic E-state index is -3.57. The quantitative estimate of drug-likeness (QED) is 0.842. The van der Waals surface area contributed by atoms with E-state index in [1.165, 1.54) is 20.3 Å². The van der Waals surface area contributed by atoms with Gasteiger partial charge in [0.05, 0.1) is 24.0 Å². The molecule has 0 radical (unpaired) electrons. The summed E-state index contributed by atoms with van der Waals surface area (Å²) in [5.41, 5.74) is 1.10. The van der Waals surface area contributed by atoms with Gasteiger partial charge in [0.25, 0.3) is 0 Å². The summed E-state index contributed by atoms with van der Waals surface area (Å²) >= 11 is 1.11. The molecule has 3 rings (SSSR count). The number of hydrogen-bond donors (Lipinski definition) is 0. The number of methoxy groups -OCH3 is 2. The fourth-order valence-corrected chi connectivity index (χ4v) is 5.13. The highest BCUT2D eigenvalue weighted by molar-refractivity contribution is 7.92. The monoisotopic (exact) mass is 326 g/mol. The molecule has 0 saturated carbocycles. The van der Waals surface area contributed by atoms with E-state index in [9.17, 15) is 8.42 Å². The van der Waals surface area contributed by atoms with Crippen LogP contribution in [0.1, 0.15) is 18.7 Å². The number of benzene rings is 1. The highest BCUT2D eigenvalue weighted by atomic mass is 32.2. The van der Waals surface area contributed by atoms with E-state index in [0.717, 1.165) is 11.5 Å². The first-order chi connectivity index (χ1) is 9.84. The van der Waals surface area contributed by atoms with Crippen LogP contribution >= 0.6 is 11.5 Å². The van der Waals surface area contributed by atoms with Gasteiger partial charge in [0.1, 0.15) is 10.4 Å². The molecule has 0 bridgehead atoms. The summed E-state index contributed by atoms with van der Waals surface area (Å²) in [4.78, 5) is 0.840. The molecule has 1 aromatic heterocycles. The van der Waals surface area contributed by atoms with Gasteiger partial charge in [-0.05, 0) is 31.4 Å². The standard InChI is InChI=1S/C13H14N2O4S2/c1-13(2)12-11(14-15-20-12)7-5-8(18-3)9(19-4)6-10(7)21(13,16)17/h5-6H,1-4H3. The van der Waals surface area contributed by atoms with Gasteiger partial charge in [-0.15, -0.1) is 5.10 Å². The molecule has 6 nitrogen and oxygen atoms in total. The lowest BCUT2D eigenvalue weighted by molar-refractivity contribution is 0.354. The third-order valence-corrected chi connectivity index (χ3v) is 7.38. The van der Waals surface area contributed by atoms with Crippen LogP contribution in [-0.4, -0.2) is 32.2 Å². The first-order valence-electron chi connectivity index (χ1n) is 6.18. The Morgan fingerprint density at radius 1 is 1.14 bits per heavy atom. The Kier molecular flexibility index (Phi) is 3.00. The summed E-state index contributed by atoms with van der Waals surface area (Å²) < 4.78 is 39.1. The van der Waals surface area contributed by atoms with Crippen LogP contribution in [0.4, 0.5) is 0 Å². The van der Waals surface area contributed by atoms with E-state index in [1.807, 2.05) is 0 Å². The second-order valence-corrected chi connectivity index (χ2v) is 8.39. The zero-order chi connectivity index (χ0) is 15.4. The molecular weight excluding hydrogens is 312 g/mol. The molecule has 8 heteroatoms. The van der Waals surface area contributed by atoms with Crippen LogP contribution in [0.3, 0.4) is 0 Å². The fraction of sp³-hybridized carbons (Fsp3) is 0.385. The van der Waals surface area contributed by atoms with Crippen molar-refractivity contribution in [3.05, 3.63) is 17.0 Å². The van der Waals surface area contributed by atoms with Crippen molar-refractivity contribution in [2.75, 3.05) is 14.2 Å². The van der Waals surface area contributed by atoms with Crippen molar-refractivity contribution in [2.24, 2.45) is 0 Å². The third kappa shape index (κ3) is 1.72. The smallest absolute Gasteiger partial charge is 0.189 e. The maximum atomic E-state index is 12.9. The van der Waals surface area contributed by atoms with E-state index in [0.29, 0.717) is 27.6 Å². The average Bonchev–Trinajstić information content (AvgIpc) is 2.94. The average molecular weight is 326 g/mol. The van der Waals surface area contributed by atoms with Crippen LogP contribution in [0, 0.1) is 0 Å². The maximum absolute atomic E-state index is 12.9. The molecule has 2 aromatic rings. The molecule has 0 aliphatic carbocycles. The number of hydrogen-bond acceptors (Lipinski definition) is 7. The molecule has 0 amide bonds. The topological polar surface area (TPSA) is 78.4 Å². The van der Waals surface area contributed by atoms with Crippen LogP contribution < -0.4 is 9.47 Å². The van der Waals surface area contributed by atoms with Gasteiger partial charge in [-0.25, -0.2) is 8.42 Å². The van der Waals surface area contributed by atoms with Crippen molar-refractivity contribution in [3.63, 3.8) is 0 Å². The molecule has 0 spiro atoms. The number of sulfone groups is 1. The minimum absolute atomic E-state index is 0.199. The van der Waals surface area contributed by atoms with Crippen molar-refractivity contribution in [3.8, 4) is 22.8 Å². The number of nitrogens with zero attached hydrogens (tertiary/aromatic N) is 2. The van der Waals surface area contributed by atoms with E-state index >= 15 is 0 Å². The molecule has 0 saturated heterocycles. The number of aromatic nitrogens is 2. The highest BCUT2D eigenvalue weighted by Gasteiger charge is 2.47. The Balaban J connectivity index is 2.44. The molecule has 0 fully saturated rings. The summed E-state index contributed by atoms with van der Waals surface area (Å²) in [6, 6.07) is 3.13. The number of rotatable bonds is 2. The SMILES string of the molecule is COc1cc2c(cc1OC)S(=O)(=O)C(C)(C)c1snnc1-2. The van der Waals surface area contributed by atoms with Gasteiger partial charge in [0, 0.05) is 11.6 Å². The second-order valence-electron chi connectivity index (χ2n) is 5.17. The number of fused-ring (bicyclic) bond motifs is 3. The largest absolute Gasteiger partial charge is 0.493 e. The molecule has 0 unspecified atom stereocenters. The lowest BCUT2D eigenvalue weighted by Gasteiger charge is -2.30. The molecule has 112 valence electrons. The van der Waals surface area contributed by atoms with Gasteiger partial charge < -0.3 is 9.47 Å². The summed E-state index contributed by atoms with van der Waals surface area (Å²) in [6.45, 7) is 3.33. The maximum Gasteiger partial charge on any atom is 0.189 e. The molecule has 0 atom stereocenters. The third-order valence-electron chi connectivity index (χ3n) is 3.74. The molecule has 0 N–H and O–H groups in total. The zero-order valence-corrected chi connectivity index (χ0v) is 13.6. The van der Waals surface area contributed by atoms with Gasteiger partial charge in [-0.1, -0.05) is 4.49 Å². The van der Waals surface area contributed by atoms with Crippen LogP contribution in [0.5, 0.6) is 11.5 Å². The van der Waals surface area contributed by atoms with Gasteiger partial charge in [0.15, 0.2) is 21.3 Å². The Morgan fingerprint density at radius 3 is 2.38 bits per heavy atom. The van der Waals surface area contributed by atoms with Crippen molar-refractivity contribution in [1.29, 1.82) is 0 Å². The van der Waals surface area contributed by atoms with Crippen molar-refractivity contribution in [1.82, 2.24) is 9.59 Å². The minimum Gasteiger partial charge on any atom is -0.493 e. The van der Waals surface area contributed by atoms with Crippen LogP contribution in [-0.2, 0) is 14.6 Å².